The summed E-state index contributed by atoms with van der Waals surface area (Å²) in [7, 11) is 0. The molecule has 0 N–H and O–H groups in total. The van der Waals surface area contributed by atoms with Crippen LogP contribution in [0, 0.1) is 6.92 Å². The van der Waals surface area contributed by atoms with Crippen LogP contribution in [-0.2, 0) is 0 Å². The first-order chi connectivity index (χ1) is 30.1. The van der Waals surface area contributed by atoms with Crippen molar-refractivity contribution >= 4 is 85.8 Å². The van der Waals surface area contributed by atoms with Gasteiger partial charge in [0.2, 0.25) is 0 Å². The minimum Gasteiger partial charge on any atom is -0.456 e. The van der Waals surface area contributed by atoms with E-state index in [1.807, 2.05) is 11.3 Å². The third kappa shape index (κ3) is 5.29. The Morgan fingerprint density at radius 2 is 1.05 bits per heavy atom. The van der Waals surface area contributed by atoms with E-state index in [9.17, 15) is 0 Å². The van der Waals surface area contributed by atoms with Gasteiger partial charge in [0, 0.05) is 53.2 Å². The maximum atomic E-state index is 6.72. The van der Waals surface area contributed by atoms with E-state index in [4.69, 9.17) is 14.4 Å². The Morgan fingerprint density at radius 3 is 1.90 bits per heavy atom. The fraction of sp³-hybridized carbons (Fsp3) is 0.0175. The molecule has 0 unspecified atom stereocenters. The molecule has 3 heterocycles. The summed E-state index contributed by atoms with van der Waals surface area (Å²) in [5.74, 6) is 0.686. The lowest BCUT2D eigenvalue weighted by molar-refractivity contribution is 0.669. The number of hydrogen-bond donors (Lipinski definition) is 0. The molecule has 0 aliphatic heterocycles. The highest BCUT2D eigenvalue weighted by Crippen LogP contribution is 2.44. The van der Waals surface area contributed by atoms with E-state index in [-0.39, 0.29) is 0 Å². The van der Waals surface area contributed by atoms with Crippen molar-refractivity contribution in [2.75, 3.05) is 0 Å². The van der Waals surface area contributed by atoms with Gasteiger partial charge in [-0.05, 0) is 104 Å². The largest absolute Gasteiger partial charge is 0.456 e. The van der Waals surface area contributed by atoms with Crippen molar-refractivity contribution in [3.05, 3.63) is 194 Å². The van der Waals surface area contributed by atoms with Gasteiger partial charge in [-0.25, -0.2) is 9.97 Å². The van der Waals surface area contributed by atoms with Gasteiger partial charge in [-0.3, -0.25) is 0 Å². The van der Waals surface area contributed by atoms with Gasteiger partial charge in [0.05, 0.1) is 11.4 Å². The quantitative estimate of drug-likeness (QED) is 0.163. The molecular formula is C57H34N2OS. The number of thiophene rings is 1. The number of hydrogen-bond acceptors (Lipinski definition) is 4. The van der Waals surface area contributed by atoms with Gasteiger partial charge in [0.15, 0.2) is 5.82 Å². The Balaban J connectivity index is 0.968. The molecule has 284 valence electrons. The summed E-state index contributed by atoms with van der Waals surface area (Å²) >= 11 is 1.85. The van der Waals surface area contributed by atoms with E-state index in [1.165, 1.54) is 63.6 Å². The van der Waals surface area contributed by atoms with E-state index in [2.05, 4.69) is 195 Å². The zero-order chi connectivity index (χ0) is 40.2. The second-order valence-electron chi connectivity index (χ2n) is 16.1. The van der Waals surface area contributed by atoms with E-state index < -0.39 is 0 Å². The fourth-order valence-corrected chi connectivity index (χ4v) is 10.9. The van der Waals surface area contributed by atoms with Crippen molar-refractivity contribution in [3.63, 3.8) is 0 Å². The average molecular weight is 795 g/mol. The molecule has 61 heavy (non-hydrogen) atoms. The molecule has 13 aromatic rings. The minimum absolute atomic E-state index is 0.686. The standard InChI is InChI=1S/C57H34N2OS/c1-33-54(36-11-3-2-4-12-36)58-57(41-16-8-15-38(29-41)43-18-9-19-45-44-17-5-6-22-50(44)61-56(43)45)59-55(33)47-20-10-21-48-53(47)46-28-27-37(32-49(46)60-48)42-30-39-25-23-34-13-7-14-35-24-26-40(31-42)52(39)51(34)35/h2-32H,1H3. The number of nitrogens with zero attached hydrogens (tertiary/aromatic N) is 2. The Morgan fingerprint density at radius 1 is 0.393 bits per heavy atom. The third-order valence-electron chi connectivity index (χ3n) is 12.6. The fourth-order valence-electron chi connectivity index (χ4n) is 9.71. The molecule has 0 amide bonds. The molecule has 10 aromatic carbocycles. The third-order valence-corrected chi connectivity index (χ3v) is 13.8. The molecule has 3 nitrogen and oxygen atoms in total. The Hall–Kier alpha value is -7.66. The lowest BCUT2D eigenvalue weighted by atomic mass is 9.91. The smallest absolute Gasteiger partial charge is 0.160 e. The van der Waals surface area contributed by atoms with Crippen molar-refractivity contribution < 1.29 is 4.42 Å². The molecule has 0 spiro atoms. The van der Waals surface area contributed by atoms with Crippen LogP contribution in [0.15, 0.2) is 192 Å². The maximum Gasteiger partial charge on any atom is 0.160 e. The molecule has 0 saturated heterocycles. The van der Waals surface area contributed by atoms with Gasteiger partial charge >= 0.3 is 0 Å². The average Bonchev–Trinajstić information content (AvgIpc) is 3.89. The zero-order valence-corrected chi connectivity index (χ0v) is 33.9. The van der Waals surface area contributed by atoms with Gasteiger partial charge in [-0.15, -0.1) is 11.3 Å². The van der Waals surface area contributed by atoms with Crippen molar-refractivity contribution in [2.45, 2.75) is 6.92 Å². The minimum atomic E-state index is 0.686. The first kappa shape index (κ1) is 34.2. The summed E-state index contributed by atoms with van der Waals surface area (Å²) in [4.78, 5) is 10.8. The highest BCUT2D eigenvalue weighted by atomic mass is 32.1. The van der Waals surface area contributed by atoms with Crippen molar-refractivity contribution in [3.8, 4) is 56.2 Å². The predicted molar refractivity (Wildman–Crippen MR) is 258 cm³/mol. The molecule has 0 saturated carbocycles. The number of rotatable bonds is 5. The lowest BCUT2D eigenvalue weighted by Gasteiger charge is -2.15. The van der Waals surface area contributed by atoms with Crippen LogP contribution < -0.4 is 0 Å². The van der Waals surface area contributed by atoms with E-state index >= 15 is 0 Å². The van der Waals surface area contributed by atoms with Crippen LogP contribution in [0.4, 0.5) is 0 Å². The van der Waals surface area contributed by atoms with Crippen LogP contribution in [0.1, 0.15) is 5.56 Å². The molecule has 0 radical (unpaired) electrons. The highest BCUT2D eigenvalue weighted by Gasteiger charge is 2.21. The summed E-state index contributed by atoms with van der Waals surface area (Å²) in [6, 6.07) is 67.6. The topological polar surface area (TPSA) is 38.9 Å². The second-order valence-corrected chi connectivity index (χ2v) is 17.1. The highest BCUT2D eigenvalue weighted by molar-refractivity contribution is 7.26. The number of fused-ring (bicyclic) bond motifs is 6. The summed E-state index contributed by atoms with van der Waals surface area (Å²) in [5.41, 5.74) is 12.2. The van der Waals surface area contributed by atoms with Crippen LogP contribution in [-0.4, -0.2) is 9.97 Å². The summed E-state index contributed by atoms with van der Waals surface area (Å²) in [6.45, 7) is 2.14. The van der Waals surface area contributed by atoms with Gasteiger partial charge < -0.3 is 4.42 Å². The number of furan rings is 1. The van der Waals surface area contributed by atoms with Gasteiger partial charge in [-0.2, -0.15) is 0 Å². The van der Waals surface area contributed by atoms with Gasteiger partial charge in [0.25, 0.3) is 0 Å². The Bertz CT molecular complexity index is 3830. The lowest BCUT2D eigenvalue weighted by Crippen LogP contribution is -2.00. The van der Waals surface area contributed by atoms with Crippen molar-refractivity contribution in [2.24, 2.45) is 0 Å². The number of aromatic nitrogens is 2. The van der Waals surface area contributed by atoms with Crippen LogP contribution in [0.2, 0.25) is 0 Å². The molecule has 0 aliphatic rings. The monoisotopic (exact) mass is 794 g/mol. The zero-order valence-electron chi connectivity index (χ0n) is 33.1. The van der Waals surface area contributed by atoms with Crippen LogP contribution in [0.25, 0.3) is 131 Å². The SMILES string of the molecule is Cc1c(-c2ccccc2)nc(-c2cccc(-c3cccc4c3sc3ccccc34)c2)nc1-c1cccc2oc3cc(-c4cc5ccc6cccc7ccc(c4)c5c67)ccc3c12. The van der Waals surface area contributed by atoms with E-state index in [0.29, 0.717) is 5.82 Å². The molecule has 4 heteroatoms. The molecule has 13 rings (SSSR count). The molecular weight excluding hydrogens is 761 g/mol. The Kier molecular flexibility index (Phi) is 7.39. The first-order valence-electron chi connectivity index (χ1n) is 20.7. The predicted octanol–water partition coefficient (Wildman–Crippen LogP) is 16.3. The summed E-state index contributed by atoms with van der Waals surface area (Å²) < 4.78 is 9.31. The second kappa shape index (κ2) is 13.2. The summed E-state index contributed by atoms with van der Waals surface area (Å²) in [5, 5.41) is 12.4. The van der Waals surface area contributed by atoms with Gasteiger partial charge in [-0.1, -0.05) is 146 Å². The van der Waals surface area contributed by atoms with Crippen LogP contribution in [0.3, 0.4) is 0 Å². The van der Waals surface area contributed by atoms with Crippen LogP contribution >= 0.6 is 11.3 Å². The molecule has 0 fully saturated rings. The maximum absolute atomic E-state index is 6.72. The van der Waals surface area contributed by atoms with E-state index in [0.717, 1.165) is 66.7 Å². The number of benzene rings is 10. The first-order valence-corrected chi connectivity index (χ1v) is 21.5. The molecule has 0 bridgehead atoms. The van der Waals surface area contributed by atoms with Gasteiger partial charge in [0.1, 0.15) is 11.2 Å². The van der Waals surface area contributed by atoms with Crippen LogP contribution in [0.5, 0.6) is 0 Å². The van der Waals surface area contributed by atoms with Crippen molar-refractivity contribution in [1.82, 2.24) is 9.97 Å². The molecule has 3 aromatic heterocycles. The van der Waals surface area contributed by atoms with E-state index in [1.54, 1.807) is 0 Å². The normalized spacial score (nSPS) is 12.0. The molecule has 0 aliphatic carbocycles. The van der Waals surface area contributed by atoms with Crippen molar-refractivity contribution in [1.29, 1.82) is 0 Å². The summed E-state index contributed by atoms with van der Waals surface area (Å²) in [6.07, 6.45) is 0. The molecule has 0 atom stereocenters. The Labute approximate surface area is 355 Å².